The first-order valence-electron chi connectivity index (χ1n) is 11.4. The Kier molecular flexibility index (Phi) is 6.04. The maximum Gasteiger partial charge on any atom is 0.118 e. The van der Waals surface area contributed by atoms with Gasteiger partial charge < -0.3 is 15.4 Å². The Morgan fingerprint density at radius 3 is 2.44 bits per heavy atom. The van der Waals surface area contributed by atoms with E-state index in [0.717, 1.165) is 58.3 Å². The molecule has 162 valence electrons. The summed E-state index contributed by atoms with van der Waals surface area (Å²) in [6, 6.07) is 27.4. The number of para-hydroxylation sites is 1. The fourth-order valence-electron chi connectivity index (χ4n) is 4.49. The van der Waals surface area contributed by atoms with Crippen molar-refractivity contribution in [2.75, 3.05) is 25.5 Å². The lowest BCUT2D eigenvalue weighted by Gasteiger charge is -2.22. The van der Waals surface area contributed by atoms with Crippen LogP contribution in [0.1, 0.15) is 18.4 Å². The molecule has 0 amide bonds. The first kappa shape index (κ1) is 20.5. The average molecular weight is 424 g/mol. The molecule has 0 aliphatic carbocycles. The molecule has 4 nitrogen and oxygen atoms in total. The predicted octanol–water partition coefficient (Wildman–Crippen LogP) is 6.20. The molecule has 0 atom stereocenters. The van der Waals surface area contributed by atoms with Crippen molar-refractivity contribution in [3.63, 3.8) is 0 Å². The number of fused-ring (bicyclic) bond motifs is 1. The molecule has 2 heterocycles. The zero-order valence-corrected chi connectivity index (χ0v) is 18.5. The van der Waals surface area contributed by atoms with Crippen LogP contribution in [0.15, 0.2) is 78.9 Å². The number of rotatable bonds is 6. The number of hydrogen-bond donors (Lipinski definition) is 2. The van der Waals surface area contributed by atoms with Crippen molar-refractivity contribution in [1.29, 1.82) is 0 Å². The Hall–Kier alpha value is -3.37. The van der Waals surface area contributed by atoms with Crippen molar-refractivity contribution < 1.29 is 4.74 Å². The minimum absolute atomic E-state index is 0.797. The van der Waals surface area contributed by atoms with Crippen molar-refractivity contribution in [1.82, 2.24) is 10.3 Å². The van der Waals surface area contributed by atoms with Gasteiger partial charge in [-0.3, -0.25) is 0 Å². The van der Waals surface area contributed by atoms with E-state index in [1.807, 2.05) is 18.2 Å². The molecule has 1 aliphatic heterocycles. The van der Waals surface area contributed by atoms with Crippen LogP contribution in [-0.4, -0.2) is 25.2 Å². The second-order valence-electron chi connectivity index (χ2n) is 8.52. The summed E-state index contributed by atoms with van der Waals surface area (Å²) in [5, 5.41) is 8.20. The quantitative estimate of drug-likeness (QED) is 0.388. The van der Waals surface area contributed by atoms with Gasteiger partial charge in [-0.05, 0) is 92.4 Å². The third-order valence-electron chi connectivity index (χ3n) is 6.32. The van der Waals surface area contributed by atoms with Crippen LogP contribution in [-0.2, 0) is 6.42 Å². The Labute approximate surface area is 189 Å². The highest BCUT2D eigenvalue weighted by molar-refractivity contribution is 5.95. The molecule has 2 N–H and O–H groups in total. The number of nitrogens with zero attached hydrogens (tertiary/aromatic N) is 1. The smallest absolute Gasteiger partial charge is 0.118 e. The molecular weight excluding hydrogens is 394 g/mol. The summed E-state index contributed by atoms with van der Waals surface area (Å²) in [6.07, 6.45) is 3.72. The second-order valence-corrected chi connectivity index (χ2v) is 8.52. The molecule has 0 saturated carbocycles. The first-order valence-corrected chi connectivity index (χ1v) is 11.4. The van der Waals surface area contributed by atoms with Crippen LogP contribution in [0.2, 0.25) is 0 Å². The molecule has 32 heavy (non-hydrogen) atoms. The van der Waals surface area contributed by atoms with E-state index in [1.54, 1.807) is 7.11 Å². The molecule has 0 radical (unpaired) electrons. The molecule has 0 spiro atoms. The van der Waals surface area contributed by atoms with E-state index in [2.05, 4.69) is 71.3 Å². The molecular formula is C28H29N3O. The lowest BCUT2D eigenvalue weighted by Crippen LogP contribution is -2.28. The van der Waals surface area contributed by atoms with Gasteiger partial charge in [0.25, 0.3) is 0 Å². The second kappa shape index (κ2) is 9.41. The Morgan fingerprint density at radius 1 is 0.938 bits per heavy atom. The van der Waals surface area contributed by atoms with Crippen LogP contribution in [0.25, 0.3) is 22.2 Å². The number of nitrogens with one attached hydrogen (secondary N) is 2. The van der Waals surface area contributed by atoms with Gasteiger partial charge in [0.05, 0.1) is 24.0 Å². The molecule has 4 aromatic rings. The maximum absolute atomic E-state index is 5.30. The van der Waals surface area contributed by atoms with Gasteiger partial charge in [-0.1, -0.05) is 30.3 Å². The van der Waals surface area contributed by atoms with Crippen molar-refractivity contribution in [3.8, 4) is 17.0 Å². The zero-order chi connectivity index (χ0) is 21.8. The summed E-state index contributed by atoms with van der Waals surface area (Å²) in [7, 11) is 1.68. The van der Waals surface area contributed by atoms with Gasteiger partial charge in [0.2, 0.25) is 0 Å². The zero-order valence-electron chi connectivity index (χ0n) is 18.5. The van der Waals surface area contributed by atoms with E-state index in [4.69, 9.17) is 9.72 Å². The third-order valence-corrected chi connectivity index (χ3v) is 6.32. The SMILES string of the molecule is COc1ccc(-c2cc(Nc3ccc(CC4CCNCC4)cc3)c3ccccc3n2)cc1. The number of ether oxygens (including phenoxy) is 1. The van der Waals surface area contributed by atoms with Gasteiger partial charge in [0, 0.05) is 16.6 Å². The van der Waals surface area contributed by atoms with Crippen LogP contribution in [0.4, 0.5) is 11.4 Å². The number of hydrogen-bond acceptors (Lipinski definition) is 4. The molecule has 4 heteroatoms. The van der Waals surface area contributed by atoms with E-state index < -0.39 is 0 Å². The molecule has 1 aromatic heterocycles. The predicted molar refractivity (Wildman–Crippen MR) is 133 cm³/mol. The Morgan fingerprint density at radius 2 is 1.69 bits per heavy atom. The number of aromatic nitrogens is 1. The number of anilines is 2. The van der Waals surface area contributed by atoms with Crippen molar-refractivity contribution >= 4 is 22.3 Å². The lowest BCUT2D eigenvalue weighted by molar-refractivity contribution is 0.372. The lowest BCUT2D eigenvalue weighted by atomic mass is 9.91. The number of piperidine rings is 1. The van der Waals surface area contributed by atoms with Crippen LogP contribution in [0.3, 0.4) is 0 Å². The molecule has 0 unspecified atom stereocenters. The summed E-state index contributed by atoms with van der Waals surface area (Å²) in [4.78, 5) is 4.90. The van der Waals surface area contributed by atoms with E-state index >= 15 is 0 Å². The van der Waals surface area contributed by atoms with Gasteiger partial charge >= 0.3 is 0 Å². The summed E-state index contributed by atoms with van der Waals surface area (Å²) >= 11 is 0. The minimum atomic E-state index is 0.797. The standard InChI is InChI=1S/C28H29N3O/c1-32-24-12-8-22(9-13-24)27-19-28(25-4-2-3-5-26(25)31-27)30-23-10-6-20(7-11-23)18-21-14-16-29-17-15-21/h2-13,19,21,29H,14-18H2,1H3,(H,30,31). The highest BCUT2D eigenvalue weighted by Gasteiger charge is 2.13. The number of benzene rings is 3. The van der Waals surface area contributed by atoms with E-state index in [9.17, 15) is 0 Å². The van der Waals surface area contributed by atoms with Gasteiger partial charge in [-0.25, -0.2) is 4.98 Å². The van der Waals surface area contributed by atoms with Crippen LogP contribution < -0.4 is 15.4 Å². The molecule has 3 aromatic carbocycles. The highest BCUT2D eigenvalue weighted by Crippen LogP contribution is 2.31. The van der Waals surface area contributed by atoms with E-state index in [-0.39, 0.29) is 0 Å². The Bertz CT molecular complexity index is 1180. The van der Waals surface area contributed by atoms with Gasteiger partial charge in [0.15, 0.2) is 0 Å². The van der Waals surface area contributed by atoms with Crippen LogP contribution in [0, 0.1) is 5.92 Å². The van der Waals surface area contributed by atoms with Gasteiger partial charge in [0.1, 0.15) is 5.75 Å². The fourth-order valence-corrected chi connectivity index (χ4v) is 4.49. The van der Waals surface area contributed by atoms with E-state index in [1.165, 1.54) is 24.8 Å². The van der Waals surface area contributed by atoms with Crippen molar-refractivity contribution in [2.24, 2.45) is 5.92 Å². The van der Waals surface area contributed by atoms with Gasteiger partial charge in [-0.15, -0.1) is 0 Å². The van der Waals surface area contributed by atoms with Crippen LogP contribution in [0.5, 0.6) is 5.75 Å². The topological polar surface area (TPSA) is 46.2 Å². The minimum Gasteiger partial charge on any atom is -0.497 e. The summed E-state index contributed by atoms with van der Waals surface area (Å²) in [6.45, 7) is 2.30. The highest BCUT2D eigenvalue weighted by atomic mass is 16.5. The largest absolute Gasteiger partial charge is 0.497 e. The fraction of sp³-hybridized carbons (Fsp3) is 0.250. The monoisotopic (exact) mass is 423 g/mol. The van der Waals surface area contributed by atoms with Crippen LogP contribution >= 0.6 is 0 Å². The maximum atomic E-state index is 5.30. The number of pyridine rings is 1. The molecule has 1 aliphatic rings. The Balaban J connectivity index is 1.41. The van der Waals surface area contributed by atoms with Gasteiger partial charge in [-0.2, -0.15) is 0 Å². The van der Waals surface area contributed by atoms with Crippen molar-refractivity contribution in [3.05, 3.63) is 84.4 Å². The van der Waals surface area contributed by atoms with E-state index in [0.29, 0.717) is 0 Å². The normalized spacial score (nSPS) is 14.4. The number of methoxy groups -OCH3 is 1. The first-order chi connectivity index (χ1) is 15.8. The third kappa shape index (κ3) is 4.61. The van der Waals surface area contributed by atoms with Crippen molar-refractivity contribution in [2.45, 2.75) is 19.3 Å². The summed E-state index contributed by atoms with van der Waals surface area (Å²) in [5.41, 5.74) is 6.56. The molecule has 5 rings (SSSR count). The molecule has 1 saturated heterocycles. The average Bonchev–Trinajstić information content (AvgIpc) is 2.86. The molecule has 0 bridgehead atoms. The summed E-state index contributed by atoms with van der Waals surface area (Å²) in [5.74, 6) is 1.64. The summed E-state index contributed by atoms with van der Waals surface area (Å²) < 4.78 is 5.30. The molecule has 1 fully saturated rings.